The molecule has 1 unspecified atom stereocenters. The van der Waals surface area contributed by atoms with Crippen LogP contribution in [0.15, 0.2) is 17.0 Å². The number of carbonyl (C=O) groups is 1. The summed E-state index contributed by atoms with van der Waals surface area (Å²) in [7, 11) is 0.579. The molecule has 0 radical (unpaired) electrons. The van der Waals surface area contributed by atoms with Crippen LogP contribution in [-0.4, -0.2) is 20.4 Å². The van der Waals surface area contributed by atoms with Crippen molar-refractivity contribution in [2.45, 2.75) is 17.9 Å². The fourth-order valence-corrected chi connectivity index (χ4v) is 2.03. The van der Waals surface area contributed by atoms with Crippen molar-refractivity contribution in [1.29, 1.82) is 0 Å². The Morgan fingerprint density at radius 2 is 2.00 bits per heavy atom. The van der Waals surface area contributed by atoms with E-state index in [2.05, 4.69) is 0 Å². The van der Waals surface area contributed by atoms with Crippen LogP contribution in [0.4, 0.5) is 8.78 Å². The lowest BCUT2D eigenvalue weighted by Gasteiger charge is -2.14. The summed E-state index contributed by atoms with van der Waals surface area (Å²) in [5, 5.41) is 0. The van der Waals surface area contributed by atoms with Gasteiger partial charge < -0.3 is 10.5 Å². The molecule has 0 heterocycles. The van der Waals surface area contributed by atoms with E-state index >= 15 is 0 Å². The molecular formula is C9H8ClF2NO4S. The van der Waals surface area contributed by atoms with E-state index in [0.29, 0.717) is 12.1 Å². The molecule has 1 aromatic rings. The number of hydrogen-bond donors (Lipinski definition) is 1. The Morgan fingerprint density at radius 1 is 1.44 bits per heavy atom. The molecule has 0 aliphatic heterocycles. The van der Waals surface area contributed by atoms with Gasteiger partial charge in [-0.2, -0.15) is 0 Å². The van der Waals surface area contributed by atoms with Gasteiger partial charge in [0, 0.05) is 16.7 Å². The first-order valence-electron chi connectivity index (χ1n) is 4.52. The number of ether oxygens (including phenoxy) is 1. The molecule has 0 aliphatic carbocycles. The first kappa shape index (κ1) is 14.7. The van der Waals surface area contributed by atoms with Crippen LogP contribution < -0.4 is 10.5 Å². The second-order valence-electron chi connectivity index (χ2n) is 3.32. The molecule has 0 bridgehead atoms. The quantitative estimate of drug-likeness (QED) is 0.845. The highest BCUT2D eigenvalue weighted by atomic mass is 35.7. The second kappa shape index (κ2) is 5.07. The lowest BCUT2D eigenvalue weighted by Crippen LogP contribution is -2.31. The number of nitrogens with two attached hydrogens (primary N) is 1. The minimum absolute atomic E-state index is 0.397. The Bertz CT molecular complexity index is 590. The molecule has 1 amide bonds. The third-order valence-corrected chi connectivity index (χ3v) is 3.26. The number of halogens is 3. The molecule has 1 atom stereocenters. The van der Waals surface area contributed by atoms with Crippen LogP contribution in [0.2, 0.25) is 0 Å². The van der Waals surface area contributed by atoms with Crippen LogP contribution >= 0.6 is 10.7 Å². The summed E-state index contributed by atoms with van der Waals surface area (Å²) < 4.78 is 53.4. The van der Waals surface area contributed by atoms with Gasteiger partial charge in [0.05, 0.1) is 0 Å². The predicted octanol–water partition coefficient (Wildman–Crippen LogP) is 1.14. The monoisotopic (exact) mass is 299 g/mol. The zero-order valence-electron chi connectivity index (χ0n) is 8.98. The van der Waals surface area contributed by atoms with Crippen molar-refractivity contribution in [3.05, 3.63) is 23.8 Å². The van der Waals surface area contributed by atoms with Crippen molar-refractivity contribution in [3.63, 3.8) is 0 Å². The average molecular weight is 300 g/mol. The van der Waals surface area contributed by atoms with Gasteiger partial charge in [0.1, 0.15) is 10.7 Å². The fraction of sp³-hybridized carbons (Fsp3) is 0.222. The molecule has 0 spiro atoms. The van der Waals surface area contributed by atoms with Crippen molar-refractivity contribution < 1.29 is 26.7 Å². The van der Waals surface area contributed by atoms with Crippen LogP contribution in [-0.2, 0) is 13.8 Å². The van der Waals surface area contributed by atoms with E-state index in [1.165, 1.54) is 6.92 Å². The first-order valence-corrected chi connectivity index (χ1v) is 6.83. The predicted molar refractivity (Wildman–Crippen MR) is 58.7 cm³/mol. The van der Waals surface area contributed by atoms with Crippen LogP contribution in [0.25, 0.3) is 0 Å². The van der Waals surface area contributed by atoms with E-state index in [4.69, 9.17) is 21.2 Å². The molecule has 1 aromatic carbocycles. The Balaban J connectivity index is 3.38. The van der Waals surface area contributed by atoms with Crippen LogP contribution in [0.5, 0.6) is 5.75 Å². The third kappa shape index (κ3) is 3.30. The van der Waals surface area contributed by atoms with Crippen molar-refractivity contribution >= 4 is 25.6 Å². The van der Waals surface area contributed by atoms with Gasteiger partial charge in [0.2, 0.25) is 0 Å². The van der Waals surface area contributed by atoms with Crippen molar-refractivity contribution in [1.82, 2.24) is 0 Å². The molecule has 0 aliphatic rings. The van der Waals surface area contributed by atoms with Gasteiger partial charge >= 0.3 is 0 Å². The maximum Gasteiger partial charge on any atom is 0.265 e. The smallest absolute Gasteiger partial charge is 0.265 e. The number of amides is 1. The average Bonchev–Trinajstić information content (AvgIpc) is 2.19. The molecule has 9 heteroatoms. The van der Waals surface area contributed by atoms with Gasteiger partial charge in [-0.05, 0) is 13.0 Å². The van der Waals surface area contributed by atoms with Gasteiger partial charge in [0.15, 0.2) is 17.7 Å². The van der Waals surface area contributed by atoms with Crippen molar-refractivity contribution in [3.8, 4) is 5.75 Å². The van der Waals surface area contributed by atoms with Gasteiger partial charge in [-0.3, -0.25) is 4.79 Å². The van der Waals surface area contributed by atoms with Crippen LogP contribution in [0.1, 0.15) is 6.92 Å². The second-order valence-corrected chi connectivity index (χ2v) is 5.85. The molecule has 0 fully saturated rings. The summed E-state index contributed by atoms with van der Waals surface area (Å²) >= 11 is 0. The van der Waals surface area contributed by atoms with Crippen molar-refractivity contribution in [2.75, 3.05) is 0 Å². The zero-order chi connectivity index (χ0) is 14.1. The number of hydrogen-bond acceptors (Lipinski definition) is 4. The maximum absolute atomic E-state index is 13.4. The standard InChI is InChI=1S/C9H8ClF2NO4S/c1-4(9(13)14)17-8-6(12)2-5(11)3-7(8)18(10,15)16/h2-4H,1H3,(H2,13,14). The summed E-state index contributed by atoms with van der Waals surface area (Å²) in [5.74, 6) is -4.25. The lowest BCUT2D eigenvalue weighted by atomic mass is 10.3. The van der Waals surface area contributed by atoms with Gasteiger partial charge in [-0.25, -0.2) is 17.2 Å². The van der Waals surface area contributed by atoms with E-state index in [9.17, 15) is 22.0 Å². The Morgan fingerprint density at radius 3 is 2.44 bits per heavy atom. The summed E-state index contributed by atoms with van der Waals surface area (Å²) in [6.07, 6.45) is -1.30. The fourth-order valence-electron chi connectivity index (χ4n) is 1.07. The van der Waals surface area contributed by atoms with Gasteiger partial charge in [0.25, 0.3) is 15.0 Å². The highest BCUT2D eigenvalue weighted by Gasteiger charge is 2.25. The van der Waals surface area contributed by atoms with Crippen LogP contribution in [0.3, 0.4) is 0 Å². The molecule has 5 nitrogen and oxygen atoms in total. The third-order valence-electron chi connectivity index (χ3n) is 1.93. The molecule has 2 N–H and O–H groups in total. The van der Waals surface area contributed by atoms with Gasteiger partial charge in [-0.15, -0.1) is 0 Å². The SMILES string of the molecule is CC(Oc1c(F)cc(F)cc1S(=O)(=O)Cl)C(N)=O. The first-order chi connectivity index (χ1) is 8.12. The molecule has 0 saturated heterocycles. The number of carbonyl (C=O) groups excluding carboxylic acids is 1. The molecule has 1 rings (SSSR count). The van der Waals surface area contributed by atoms with Crippen LogP contribution in [0, 0.1) is 11.6 Å². The number of primary amides is 1. The molecule has 0 aromatic heterocycles. The topological polar surface area (TPSA) is 86.5 Å². The number of rotatable bonds is 4. The Labute approximate surface area is 106 Å². The summed E-state index contributed by atoms with van der Waals surface area (Å²) in [6, 6.07) is 0.878. The van der Waals surface area contributed by atoms with Crippen molar-refractivity contribution in [2.24, 2.45) is 5.73 Å². The van der Waals surface area contributed by atoms with E-state index in [0.717, 1.165) is 0 Å². The Hall–Kier alpha value is -1.41. The van der Waals surface area contributed by atoms with E-state index < -0.39 is 43.3 Å². The van der Waals surface area contributed by atoms with E-state index in [-0.39, 0.29) is 0 Å². The molecular weight excluding hydrogens is 292 g/mol. The normalized spacial score (nSPS) is 13.1. The maximum atomic E-state index is 13.4. The highest BCUT2D eigenvalue weighted by molar-refractivity contribution is 8.13. The summed E-state index contributed by atoms with van der Waals surface area (Å²) in [5.41, 5.74) is 4.88. The lowest BCUT2D eigenvalue weighted by molar-refractivity contribution is -0.124. The molecule has 18 heavy (non-hydrogen) atoms. The minimum atomic E-state index is -4.43. The van der Waals surface area contributed by atoms with E-state index in [1.807, 2.05) is 0 Å². The summed E-state index contributed by atoms with van der Waals surface area (Å²) in [6.45, 7) is 1.18. The highest BCUT2D eigenvalue weighted by Crippen LogP contribution is 2.31. The molecule has 100 valence electrons. The minimum Gasteiger partial charge on any atom is -0.476 e. The zero-order valence-corrected chi connectivity index (χ0v) is 10.6. The van der Waals surface area contributed by atoms with E-state index in [1.54, 1.807) is 0 Å². The largest absolute Gasteiger partial charge is 0.476 e. The Kier molecular flexibility index (Phi) is 4.12. The van der Waals surface area contributed by atoms with Gasteiger partial charge in [-0.1, -0.05) is 0 Å². The summed E-state index contributed by atoms with van der Waals surface area (Å²) in [4.78, 5) is 9.85. The number of benzene rings is 1. The molecule has 0 saturated carbocycles.